The van der Waals surface area contributed by atoms with E-state index in [-0.39, 0.29) is 0 Å². The van der Waals surface area contributed by atoms with Gasteiger partial charge in [-0.1, -0.05) is 54.6 Å². The van der Waals surface area contributed by atoms with E-state index in [9.17, 15) is 13.0 Å². The van der Waals surface area contributed by atoms with Gasteiger partial charge in [-0.2, -0.15) is 0 Å². The molecule has 0 radical (unpaired) electrons. The Morgan fingerprint density at radius 2 is 1.66 bits per heavy atom. The predicted octanol–water partition coefficient (Wildman–Crippen LogP) is 3.74. The molecule has 3 heterocycles. The minimum Gasteiger partial charge on any atom is -0.362 e. The molecule has 192 valence electrons. The van der Waals surface area contributed by atoms with Crippen LogP contribution in [-0.4, -0.2) is 38.4 Å². The van der Waals surface area contributed by atoms with E-state index in [2.05, 4.69) is 25.5 Å². The third-order valence-electron chi connectivity index (χ3n) is 5.59. The highest BCUT2D eigenvalue weighted by Gasteiger charge is 2.26. The van der Waals surface area contributed by atoms with Crippen molar-refractivity contribution in [3.05, 3.63) is 97.1 Å². The standard InChI is InChI=1S/C25H21N6O5PS/c32-37(33,34)31-38(35,36)20-13-18(14-26-16-20)24-22-11-6-10-21(17-7-2-1-3-8-17)23(22)25(30-29-24)28-15-19-9-4-5-12-27-19/h1-14,16H,15H2,(H,28,30)(H3,31,32,33,34). The molecule has 0 fully saturated rings. The van der Waals surface area contributed by atoms with Crippen molar-refractivity contribution >= 4 is 34.4 Å². The van der Waals surface area contributed by atoms with Crippen molar-refractivity contribution < 1.29 is 22.8 Å². The monoisotopic (exact) mass is 548 g/mol. The van der Waals surface area contributed by atoms with Crippen LogP contribution in [0.1, 0.15) is 5.69 Å². The average molecular weight is 549 g/mol. The van der Waals surface area contributed by atoms with Crippen LogP contribution in [0.3, 0.4) is 0 Å². The molecule has 13 heteroatoms. The topological polar surface area (TPSA) is 167 Å². The summed E-state index contributed by atoms with van der Waals surface area (Å²) in [6.07, 6.45) is 4.11. The van der Waals surface area contributed by atoms with Gasteiger partial charge < -0.3 is 15.1 Å². The second kappa shape index (κ2) is 10.4. The number of sulfonamides is 1. The summed E-state index contributed by atoms with van der Waals surface area (Å²) in [7, 11) is -9.61. The Morgan fingerprint density at radius 3 is 2.39 bits per heavy atom. The molecule has 0 aliphatic heterocycles. The van der Waals surface area contributed by atoms with Crippen molar-refractivity contribution in [3.8, 4) is 22.4 Å². The minimum absolute atomic E-state index is 0.303. The molecule has 0 saturated carbocycles. The van der Waals surface area contributed by atoms with Crippen molar-refractivity contribution in [2.45, 2.75) is 11.4 Å². The van der Waals surface area contributed by atoms with Gasteiger partial charge in [0.2, 0.25) is 0 Å². The van der Waals surface area contributed by atoms with E-state index in [1.807, 2.05) is 66.7 Å². The Hall–Kier alpha value is -4.06. The number of anilines is 1. The maximum Gasteiger partial charge on any atom is 0.414 e. The smallest absolute Gasteiger partial charge is 0.362 e. The number of benzene rings is 2. The molecule has 5 rings (SSSR count). The molecule has 2 aromatic carbocycles. The minimum atomic E-state index is -5.07. The first-order valence-electron chi connectivity index (χ1n) is 11.2. The Kier molecular flexibility index (Phi) is 6.98. The predicted molar refractivity (Wildman–Crippen MR) is 142 cm³/mol. The molecule has 0 unspecified atom stereocenters. The molecule has 0 aliphatic carbocycles. The molecule has 11 nitrogen and oxygen atoms in total. The van der Waals surface area contributed by atoms with Gasteiger partial charge in [0.25, 0.3) is 10.0 Å². The highest BCUT2D eigenvalue weighted by Crippen LogP contribution is 2.38. The van der Waals surface area contributed by atoms with Gasteiger partial charge >= 0.3 is 7.75 Å². The van der Waals surface area contributed by atoms with Crippen LogP contribution in [0.15, 0.2) is 96.3 Å². The highest BCUT2D eigenvalue weighted by atomic mass is 32.2. The zero-order chi connectivity index (χ0) is 26.8. The van der Waals surface area contributed by atoms with Gasteiger partial charge in [0, 0.05) is 34.9 Å². The van der Waals surface area contributed by atoms with E-state index in [0.717, 1.165) is 28.4 Å². The van der Waals surface area contributed by atoms with Crippen molar-refractivity contribution in [1.29, 1.82) is 0 Å². The molecular weight excluding hydrogens is 527 g/mol. The normalized spacial score (nSPS) is 11.9. The van der Waals surface area contributed by atoms with Crippen LogP contribution in [0.4, 0.5) is 5.82 Å². The van der Waals surface area contributed by atoms with Crippen LogP contribution >= 0.6 is 7.75 Å². The molecule has 0 bridgehead atoms. The summed E-state index contributed by atoms with van der Waals surface area (Å²) >= 11 is 0. The number of rotatable bonds is 8. The van der Waals surface area contributed by atoms with Crippen LogP contribution < -0.4 is 9.81 Å². The van der Waals surface area contributed by atoms with Gasteiger partial charge in [0.15, 0.2) is 5.82 Å². The molecule has 38 heavy (non-hydrogen) atoms. The van der Waals surface area contributed by atoms with Crippen LogP contribution in [0.25, 0.3) is 33.2 Å². The Balaban J connectivity index is 1.66. The lowest BCUT2D eigenvalue weighted by Gasteiger charge is -2.15. The summed E-state index contributed by atoms with van der Waals surface area (Å²) in [5, 5.41) is 13.5. The summed E-state index contributed by atoms with van der Waals surface area (Å²) in [5.74, 6) is 0.508. The van der Waals surface area contributed by atoms with Gasteiger partial charge in [0.1, 0.15) is 10.6 Å². The largest absolute Gasteiger partial charge is 0.414 e. The number of fused-ring (bicyclic) bond motifs is 1. The van der Waals surface area contributed by atoms with Crippen molar-refractivity contribution in [2.24, 2.45) is 0 Å². The molecular formula is C25H21N6O5PS. The molecule has 0 saturated heterocycles. The van der Waals surface area contributed by atoms with Gasteiger partial charge in [-0.15, -0.1) is 14.7 Å². The van der Waals surface area contributed by atoms with E-state index in [1.54, 1.807) is 6.20 Å². The van der Waals surface area contributed by atoms with Gasteiger partial charge in [-0.05, 0) is 29.3 Å². The summed E-state index contributed by atoms with van der Waals surface area (Å²) in [4.78, 5) is 26.1. The SMILES string of the molecule is O=P(O)(O)NS(=O)(=O)c1cncc(-c2nnc(NCc3ccccn3)c3c(-c4ccccc4)cccc23)c1. The summed E-state index contributed by atoms with van der Waals surface area (Å²) in [5.41, 5.74) is 3.28. The number of nitrogens with one attached hydrogen (secondary N) is 2. The number of pyridine rings is 2. The average Bonchev–Trinajstić information content (AvgIpc) is 2.91. The Labute approximate surface area is 217 Å². The zero-order valence-corrected chi connectivity index (χ0v) is 21.3. The van der Waals surface area contributed by atoms with E-state index < -0.39 is 22.7 Å². The second-order valence-electron chi connectivity index (χ2n) is 8.21. The Bertz CT molecular complexity index is 1770. The number of hydrogen-bond acceptors (Lipinski definition) is 8. The number of nitrogens with zero attached hydrogens (tertiary/aromatic N) is 4. The molecule has 3 aromatic heterocycles. The molecule has 0 atom stereocenters. The van der Waals surface area contributed by atoms with Crippen LogP contribution in [0.2, 0.25) is 0 Å². The van der Waals surface area contributed by atoms with Gasteiger partial charge in [-0.3, -0.25) is 9.97 Å². The number of aromatic nitrogens is 4. The van der Waals surface area contributed by atoms with E-state index in [0.29, 0.717) is 29.0 Å². The quantitative estimate of drug-likeness (QED) is 0.210. The van der Waals surface area contributed by atoms with Gasteiger partial charge in [0.05, 0.1) is 12.2 Å². The third kappa shape index (κ3) is 5.59. The van der Waals surface area contributed by atoms with Gasteiger partial charge in [-0.25, -0.2) is 13.0 Å². The lowest BCUT2D eigenvalue weighted by molar-refractivity contribution is 0.368. The number of hydrogen-bond donors (Lipinski definition) is 4. The molecule has 0 amide bonds. The van der Waals surface area contributed by atoms with Crippen LogP contribution in [0.5, 0.6) is 0 Å². The summed E-state index contributed by atoms with van der Waals surface area (Å²) < 4.78 is 37.6. The fourth-order valence-electron chi connectivity index (χ4n) is 3.99. The molecule has 4 N–H and O–H groups in total. The van der Waals surface area contributed by atoms with Crippen LogP contribution in [0, 0.1) is 0 Å². The lowest BCUT2D eigenvalue weighted by Crippen LogP contribution is -2.20. The summed E-state index contributed by atoms with van der Waals surface area (Å²) in [6.45, 7) is 0.399. The lowest BCUT2D eigenvalue weighted by atomic mass is 9.97. The second-order valence-corrected chi connectivity index (χ2v) is 11.5. The fourth-order valence-corrected chi connectivity index (χ4v) is 6.14. The Morgan fingerprint density at radius 1 is 0.868 bits per heavy atom. The first-order chi connectivity index (χ1) is 18.2. The first kappa shape index (κ1) is 25.6. The summed E-state index contributed by atoms with van der Waals surface area (Å²) in [6, 6.07) is 22.2. The zero-order valence-electron chi connectivity index (χ0n) is 19.6. The maximum atomic E-state index is 12.5. The molecule has 0 spiro atoms. The molecule has 0 aliphatic rings. The van der Waals surface area contributed by atoms with Crippen molar-refractivity contribution in [1.82, 2.24) is 24.7 Å². The first-order valence-corrected chi connectivity index (χ1v) is 14.3. The van der Waals surface area contributed by atoms with E-state index in [4.69, 9.17) is 9.79 Å². The van der Waals surface area contributed by atoms with Crippen LogP contribution in [-0.2, 0) is 21.1 Å². The highest BCUT2D eigenvalue weighted by molar-refractivity contribution is 7.94. The third-order valence-corrected chi connectivity index (χ3v) is 8.35. The fraction of sp³-hybridized carbons (Fsp3) is 0.0400. The molecule has 5 aromatic rings. The van der Waals surface area contributed by atoms with Crippen molar-refractivity contribution in [3.63, 3.8) is 0 Å². The van der Waals surface area contributed by atoms with E-state index in [1.165, 1.54) is 16.8 Å². The maximum absolute atomic E-state index is 12.5. The van der Waals surface area contributed by atoms with E-state index >= 15 is 0 Å². The van der Waals surface area contributed by atoms with Crippen molar-refractivity contribution in [2.75, 3.05) is 5.32 Å².